The molecule has 0 fully saturated rings. The van der Waals surface area contributed by atoms with Crippen molar-refractivity contribution in [1.82, 2.24) is 0 Å². The maximum atomic E-state index is 14.5. The summed E-state index contributed by atoms with van der Waals surface area (Å²) in [6.45, 7) is 3.94. The Morgan fingerprint density at radius 1 is 1.09 bits per heavy atom. The Labute approximate surface area is 129 Å². The summed E-state index contributed by atoms with van der Waals surface area (Å²) < 4.78 is 14.5. The highest BCUT2D eigenvalue weighted by Gasteiger charge is 2.19. The fourth-order valence-corrected chi connectivity index (χ4v) is 2.59. The lowest BCUT2D eigenvalue weighted by Crippen LogP contribution is -2.28. The lowest BCUT2D eigenvalue weighted by molar-refractivity contribution is -0.118. The summed E-state index contributed by atoms with van der Waals surface area (Å²) in [5.74, 6) is -0.457. The van der Waals surface area contributed by atoms with Gasteiger partial charge in [-0.15, -0.1) is 0 Å². The molecule has 4 heteroatoms. The third kappa shape index (κ3) is 2.64. The van der Waals surface area contributed by atoms with Crippen molar-refractivity contribution in [3.8, 4) is 11.1 Å². The second-order valence-corrected chi connectivity index (χ2v) is 5.52. The molecule has 0 atom stereocenters. The maximum Gasteiger partial charge on any atom is 0.247 e. The van der Waals surface area contributed by atoms with Crippen LogP contribution in [0.4, 0.5) is 10.1 Å². The topological polar surface area (TPSA) is 32.7 Å². The number of hydrogen-bond donors (Lipinski definition) is 0. The summed E-state index contributed by atoms with van der Waals surface area (Å²) in [7, 11) is 0. The average Bonchev–Trinajstić information content (AvgIpc) is 2.50. The summed E-state index contributed by atoms with van der Waals surface area (Å²) in [6.07, 6.45) is 2.72. The molecule has 0 spiro atoms. The van der Waals surface area contributed by atoms with E-state index < -0.39 is 0 Å². The molecule has 2 aromatic carbocycles. The van der Waals surface area contributed by atoms with Crippen molar-refractivity contribution in [3.63, 3.8) is 0 Å². The van der Waals surface area contributed by atoms with Crippen LogP contribution in [0, 0.1) is 19.7 Å². The lowest BCUT2D eigenvalue weighted by atomic mass is 9.98. The van der Waals surface area contributed by atoms with Crippen LogP contribution in [-0.2, 0) is 4.79 Å². The fourth-order valence-electron chi connectivity index (χ4n) is 2.59. The second-order valence-electron chi connectivity index (χ2n) is 5.52. The van der Waals surface area contributed by atoms with Gasteiger partial charge >= 0.3 is 0 Å². The third-order valence-corrected chi connectivity index (χ3v) is 3.80. The molecule has 0 bridgehead atoms. The monoisotopic (exact) mass is 296 g/mol. The van der Waals surface area contributed by atoms with Gasteiger partial charge in [-0.25, -0.2) is 9.40 Å². The third-order valence-electron chi connectivity index (χ3n) is 3.80. The minimum Gasteiger partial charge on any atom is -0.273 e. The summed E-state index contributed by atoms with van der Waals surface area (Å²) >= 11 is 0. The Bertz CT molecular complexity index is 768. The number of carbonyl (C=O) groups excluding carboxylic acids is 1. The van der Waals surface area contributed by atoms with E-state index in [0.29, 0.717) is 24.1 Å². The van der Waals surface area contributed by atoms with Gasteiger partial charge in [-0.1, -0.05) is 23.8 Å². The van der Waals surface area contributed by atoms with E-state index in [1.165, 1.54) is 11.1 Å². The summed E-state index contributed by atoms with van der Waals surface area (Å²) in [5, 5.41) is 5.31. The number of rotatable bonds is 2. The molecule has 3 rings (SSSR count). The van der Waals surface area contributed by atoms with Gasteiger partial charge < -0.3 is 0 Å². The Hall–Kier alpha value is -2.49. The van der Waals surface area contributed by atoms with Crippen molar-refractivity contribution >= 4 is 17.8 Å². The van der Waals surface area contributed by atoms with Crippen LogP contribution >= 0.6 is 0 Å². The van der Waals surface area contributed by atoms with Gasteiger partial charge in [0.15, 0.2) is 0 Å². The van der Waals surface area contributed by atoms with Crippen LogP contribution in [0.3, 0.4) is 0 Å². The fraction of sp³-hybridized carbons (Fsp3) is 0.222. The van der Waals surface area contributed by atoms with Crippen molar-refractivity contribution in [1.29, 1.82) is 0 Å². The molecular weight excluding hydrogens is 279 g/mol. The normalized spacial score (nSPS) is 14.5. The van der Waals surface area contributed by atoms with Crippen LogP contribution in [0.1, 0.15) is 24.0 Å². The zero-order valence-electron chi connectivity index (χ0n) is 12.6. The average molecular weight is 296 g/mol. The van der Waals surface area contributed by atoms with Crippen LogP contribution in [0.5, 0.6) is 0 Å². The Balaban J connectivity index is 2.02. The van der Waals surface area contributed by atoms with Gasteiger partial charge in [0.1, 0.15) is 5.82 Å². The van der Waals surface area contributed by atoms with E-state index in [2.05, 4.69) is 5.10 Å². The van der Waals surface area contributed by atoms with Crippen LogP contribution in [0.15, 0.2) is 41.5 Å². The lowest BCUT2D eigenvalue weighted by Gasteiger charge is -2.20. The minimum atomic E-state index is -0.347. The highest BCUT2D eigenvalue weighted by molar-refractivity contribution is 5.97. The van der Waals surface area contributed by atoms with Crippen LogP contribution in [0.2, 0.25) is 0 Å². The van der Waals surface area contributed by atoms with Gasteiger partial charge in [-0.3, -0.25) is 4.79 Å². The number of benzene rings is 2. The van der Waals surface area contributed by atoms with Crippen molar-refractivity contribution < 1.29 is 9.18 Å². The van der Waals surface area contributed by atoms with Crippen molar-refractivity contribution in [2.75, 3.05) is 5.01 Å². The van der Waals surface area contributed by atoms with E-state index in [9.17, 15) is 9.18 Å². The van der Waals surface area contributed by atoms with Crippen LogP contribution in [0.25, 0.3) is 11.1 Å². The molecule has 1 aliphatic heterocycles. The standard InChI is InChI=1S/C18H17FN2O/c1-12-5-6-13(2)16(10-12)15-8-7-14(11-17(15)19)21-18(22)4-3-9-20-21/h5-11H,3-4H2,1-2H3. The quantitative estimate of drug-likeness (QED) is 0.816. The minimum absolute atomic E-state index is 0.110. The SMILES string of the molecule is Cc1ccc(C)c(-c2ccc(N3N=CCCC3=O)cc2F)c1. The molecule has 0 aliphatic carbocycles. The molecule has 22 heavy (non-hydrogen) atoms. The number of anilines is 1. The zero-order chi connectivity index (χ0) is 15.7. The molecule has 0 unspecified atom stereocenters. The summed E-state index contributed by atoms with van der Waals surface area (Å²) in [5.41, 5.74) is 3.98. The summed E-state index contributed by atoms with van der Waals surface area (Å²) in [6, 6.07) is 10.8. The van der Waals surface area contributed by atoms with Gasteiger partial charge in [0.05, 0.1) is 5.69 Å². The van der Waals surface area contributed by atoms with E-state index in [-0.39, 0.29) is 11.7 Å². The van der Waals surface area contributed by atoms with Crippen molar-refractivity contribution in [2.24, 2.45) is 5.10 Å². The van der Waals surface area contributed by atoms with Crippen molar-refractivity contribution in [2.45, 2.75) is 26.7 Å². The van der Waals surface area contributed by atoms with E-state index in [1.807, 2.05) is 32.0 Å². The Morgan fingerprint density at radius 2 is 1.91 bits per heavy atom. The molecular formula is C18H17FN2O. The predicted octanol–water partition coefficient (Wildman–Crippen LogP) is 4.22. The van der Waals surface area contributed by atoms with Crippen molar-refractivity contribution in [3.05, 3.63) is 53.3 Å². The number of amides is 1. The van der Waals surface area contributed by atoms with Gasteiger partial charge in [-0.2, -0.15) is 5.10 Å². The molecule has 0 N–H and O–H groups in total. The molecule has 0 aromatic heterocycles. The van der Waals surface area contributed by atoms with E-state index in [0.717, 1.165) is 16.7 Å². The number of carbonyl (C=O) groups is 1. The smallest absolute Gasteiger partial charge is 0.247 e. The predicted molar refractivity (Wildman–Crippen MR) is 86.5 cm³/mol. The number of nitrogens with zero attached hydrogens (tertiary/aromatic N) is 2. The zero-order valence-corrected chi connectivity index (χ0v) is 12.6. The maximum absolute atomic E-state index is 14.5. The molecule has 0 saturated heterocycles. The first-order chi connectivity index (χ1) is 10.6. The number of halogens is 1. The number of hydrogen-bond acceptors (Lipinski definition) is 2. The van der Waals surface area contributed by atoms with E-state index >= 15 is 0 Å². The molecule has 3 nitrogen and oxygen atoms in total. The summed E-state index contributed by atoms with van der Waals surface area (Å²) in [4.78, 5) is 11.8. The van der Waals surface area contributed by atoms with Gasteiger partial charge in [0.25, 0.3) is 0 Å². The molecule has 2 aromatic rings. The molecule has 1 aliphatic rings. The highest BCUT2D eigenvalue weighted by atomic mass is 19.1. The molecule has 0 radical (unpaired) electrons. The van der Waals surface area contributed by atoms with Crippen LogP contribution < -0.4 is 5.01 Å². The molecule has 1 amide bonds. The molecule has 1 heterocycles. The highest BCUT2D eigenvalue weighted by Crippen LogP contribution is 2.30. The van der Waals surface area contributed by atoms with Gasteiger partial charge in [0, 0.05) is 24.3 Å². The largest absolute Gasteiger partial charge is 0.273 e. The van der Waals surface area contributed by atoms with E-state index in [4.69, 9.17) is 0 Å². The molecule has 112 valence electrons. The van der Waals surface area contributed by atoms with Gasteiger partial charge in [0.2, 0.25) is 5.91 Å². The first-order valence-corrected chi connectivity index (χ1v) is 7.29. The van der Waals surface area contributed by atoms with Gasteiger partial charge in [-0.05, 0) is 43.5 Å². The Kier molecular flexibility index (Phi) is 3.75. The molecule has 0 saturated carbocycles. The number of hydrazone groups is 1. The number of aryl methyl sites for hydroxylation is 2. The van der Waals surface area contributed by atoms with Crippen LogP contribution in [-0.4, -0.2) is 12.1 Å². The first kappa shape index (κ1) is 14.4. The first-order valence-electron chi connectivity index (χ1n) is 7.29. The van der Waals surface area contributed by atoms with E-state index in [1.54, 1.807) is 18.3 Å². The second kappa shape index (κ2) is 5.72. The Morgan fingerprint density at radius 3 is 2.64 bits per heavy atom.